The smallest absolute Gasteiger partial charge is 0.411 e. The van der Waals surface area contributed by atoms with Gasteiger partial charge in [0.25, 0.3) is 0 Å². The molecule has 15 nitrogen and oxygen atoms in total. The van der Waals surface area contributed by atoms with Gasteiger partial charge in [-0.15, -0.1) is 12.3 Å². The highest BCUT2D eigenvalue weighted by Gasteiger charge is 2.61. The zero-order chi connectivity index (χ0) is 44.4. The van der Waals surface area contributed by atoms with Crippen molar-refractivity contribution in [2.75, 3.05) is 41.0 Å². The van der Waals surface area contributed by atoms with Crippen LogP contribution in [0.4, 0.5) is 4.79 Å². The van der Waals surface area contributed by atoms with Crippen LogP contribution in [0.25, 0.3) is 0 Å². The van der Waals surface area contributed by atoms with Crippen LogP contribution in [-0.2, 0) is 42.7 Å². The molecule has 59 heavy (non-hydrogen) atoms. The van der Waals surface area contributed by atoms with Crippen LogP contribution in [0.5, 0.6) is 0 Å². The summed E-state index contributed by atoms with van der Waals surface area (Å²) in [5.74, 6) is -1.78. The number of β-amino-alcohol motifs (C(OH)–C–C–N with tert-alkyl or cyclic N) is 1. The van der Waals surface area contributed by atoms with Crippen LogP contribution in [0.1, 0.15) is 101 Å². The number of Topliss-reactive ketones (excluding diaryl/α,β-unsaturated/α-hetero) is 1. The third-order valence-electron chi connectivity index (χ3n) is 14.3. The molecule has 18 atom stereocenters. The molecule has 0 radical (unpaired) electrons. The average Bonchev–Trinajstić information content (AvgIpc) is 3.45. The van der Waals surface area contributed by atoms with Crippen molar-refractivity contribution in [2.24, 2.45) is 29.6 Å². The van der Waals surface area contributed by atoms with E-state index in [1.807, 2.05) is 53.5 Å². The Morgan fingerprint density at radius 1 is 0.966 bits per heavy atom. The van der Waals surface area contributed by atoms with Gasteiger partial charge in [0.15, 0.2) is 11.9 Å². The largest absolute Gasteiger partial charge is 0.458 e. The van der Waals surface area contributed by atoms with Crippen molar-refractivity contribution in [2.45, 2.75) is 179 Å². The monoisotopic (exact) mass is 839 g/mol. The first kappa shape index (κ1) is 49.3. The predicted octanol–water partition coefficient (Wildman–Crippen LogP) is 3.57. The molecule has 4 rings (SSSR count). The number of hydrogen-bond donors (Lipinski definition) is 3. The number of esters is 1. The second-order valence-corrected chi connectivity index (χ2v) is 18.4. The number of ether oxygens (including phenoxy) is 7. The number of rotatable bonds is 11. The number of carbonyl (C=O) groups is 3. The van der Waals surface area contributed by atoms with Crippen molar-refractivity contribution >= 4 is 17.8 Å². The second kappa shape index (κ2) is 19.8. The number of nitrogens with zero attached hydrogens (tertiary/aromatic N) is 2. The van der Waals surface area contributed by atoms with Gasteiger partial charge in [-0.1, -0.05) is 34.6 Å². The standard InChI is InChI=1S/C44H74N2O13/c1-15-17-18-45(12)30-21-25(4)55-40(35(30)49)58-38-26(5)33(31-23-42(9,53-13)37(50)29(8)56-31)27(6)39(51)57-32(16-2)44(11)36(46(19-20-47)41(52)59-44)28(7)34(48)24(3)22-43(38,10)54-14/h1,24-33,35-38,40,47,49-50H,16-23H2,2-14H3/t24-,25-,26+,27-,28+,29+,30+,31?,32-,33+,35-,36-,37+,38-,40+,42-,43-,44-/m1/s1. The number of likely N-dealkylation sites (N-methyl/N-ethyl adjacent to an activating group) is 1. The molecule has 338 valence electrons. The van der Waals surface area contributed by atoms with Gasteiger partial charge < -0.3 is 48.5 Å². The zero-order valence-electron chi connectivity index (χ0n) is 37.7. The Bertz CT molecular complexity index is 1490. The molecule has 4 aliphatic heterocycles. The highest BCUT2D eigenvalue weighted by atomic mass is 16.7. The molecule has 4 saturated heterocycles. The van der Waals surface area contributed by atoms with E-state index in [2.05, 4.69) is 5.92 Å². The minimum atomic E-state index is -1.45. The van der Waals surface area contributed by atoms with Crippen molar-refractivity contribution < 1.29 is 62.9 Å². The Morgan fingerprint density at radius 3 is 2.19 bits per heavy atom. The van der Waals surface area contributed by atoms with Crippen molar-refractivity contribution in [3.8, 4) is 12.3 Å². The first-order chi connectivity index (χ1) is 27.6. The van der Waals surface area contributed by atoms with Crippen LogP contribution in [0.15, 0.2) is 0 Å². The molecule has 0 aromatic carbocycles. The van der Waals surface area contributed by atoms with E-state index in [4.69, 9.17) is 39.6 Å². The maximum atomic E-state index is 14.8. The Kier molecular flexibility index (Phi) is 16.5. The highest BCUT2D eigenvalue weighted by molar-refractivity contribution is 5.85. The number of hydrogen-bond acceptors (Lipinski definition) is 14. The van der Waals surface area contributed by atoms with Crippen LogP contribution in [0.2, 0.25) is 0 Å². The normalized spacial score (nSPS) is 45.3. The van der Waals surface area contributed by atoms with Crippen LogP contribution in [0.3, 0.4) is 0 Å². The molecule has 1 unspecified atom stereocenters. The number of aliphatic hydroxyl groups is 3. The number of amides is 1. The van der Waals surface area contributed by atoms with Gasteiger partial charge in [0.1, 0.15) is 24.1 Å². The lowest BCUT2D eigenvalue weighted by Gasteiger charge is -2.52. The molecular formula is C44H74N2O13. The van der Waals surface area contributed by atoms with Gasteiger partial charge in [-0.2, -0.15) is 0 Å². The molecule has 4 fully saturated rings. The maximum absolute atomic E-state index is 14.8. The van der Waals surface area contributed by atoms with Crippen molar-refractivity contribution in [3.05, 3.63) is 0 Å². The summed E-state index contributed by atoms with van der Waals surface area (Å²) >= 11 is 0. The number of terminal acetylenes is 1. The summed E-state index contributed by atoms with van der Waals surface area (Å²) in [6.45, 7) is 18.2. The summed E-state index contributed by atoms with van der Waals surface area (Å²) < 4.78 is 44.9. The van der Waals surface area contributed by atoms with Crippen LogP contribution >= 0.6 is 0 Å². The molecule has 3 N–H and O–H groups in total. The Balaban J connectivity index is 1.93. The van der Waals surface area contributed by atoms with Gasteiger partial charge in [-0.05, 0) is 66.8 Å². The molecule has 0 spiro atoms. The molecule has 0 aromatic rings. The lowest BCUT2D eigenvalue weighted by Crippen LogP contribution is -2.62. The minimum Gasteiger partial charge on any atom is -0.458 e. The summed E-state index contributed by atoms with van der Waals surface area (Å²) in [4.78, 5) is 46.4. The maximum Gasteiger partial charge on any atom is 0.411 e. The van der Waals surface area contributed by atoms with Crippen LogP contribution < -0.4 is 0 Å². The topological polar surface area (TPSA) is 183 Å². The van der Waals surface area contributed by atoms with E-state index < -0.39 is 107 Å². The lowest BCUT2D eigenvalue weighted by atomic mass is 9.67. The Morgan fingerprint density at radius 2 is 1.61 bits per heavy atom. The first-order valence-electron chi connectivity index (χ1n) is 21.5. The van der Waals surface area contributed by atoms with Crippen LogP contribution in [0, 0.1) is 41.9 Å². The molecule has 15 heteroatoms. The van der Waals surface area contributed by atoms with E-state index >= 15 is 0 Å². The number of fused-ring (bicyclic) bond motifs is 1. The van der Waals surface area contributed by atoms with E-state index in [9.17, 15) is 29.7 Å². The molecule has 0 saturated carbocycles. The fourth-order valence-electron chi connectivity index (χ4n) is 10.8. The molecule has 4 aliphatic rings. The number of carbonyl (C=O) groups excluding carboxylic acids is 3. The molecule has 4 heterocycles. The quantitative estimate of drug-likeness (QED) is 0.203. The third kappa shape index (κ3) is 9.81. The molecule has 1 amide bonds. The number of ketones is 1. The van der Waals surface area contributed by atoms with E-state index in [0.29, 0.717) is 19.4 Å². The molecule has 0 bridgehead atoms. The van der Waals surface area contributed by atoms with E-state index in [-0.39, 0.29) is 50.3 Å². The van der Waals surface area contributed by atoms with Crippen molar-refractivity contribution in [1.29, 1.82) is 0 Å². The van der Waals surface area contributed by atoms with E-state index in [1.165, 1.54) is 12.0 Å². The summed E-state index contributed by atoms with van der Waals surface area (Å²) in [6, 6.07) is -1.23. The number of cyclic esters (lactones) is 1. The van der Waals surface area contributed by atoms with Gasteiger partial charge in [-0.25, -0.2) is 4.79 Å². The fourth-order valence-corrected chi connectivity index (χ4v) is 10.8. The van der Waals surface area contributed by atoms with Gasteiger partial charge >= 0.3 is 12.1 Å². The Labute approximate surface area is 352 Å². The predicted molar refractivity (Wildman–Crippen MR) is 218 cm³/mol. The molecular weight excluding hydrogens is 764 g/mol. The Hall–Kier alpha value is -2.39. The van der Waals surface area contributed by atoms with E-state index in [1.54, 1.807) is 34.8 Å². The SMILES string of the molecule is C#CCCN(C)[C@H]1C[C@@H](C)O[C@@H](O[C@@H]2[C@@H](C)[C@H](C3C[C@@](C)(OC)[C@@H](O)[C@H](C)O3)[C@@H](C)C(=O)O[C@H](CC)[C@@]3(C)OC(=O)N(CCO)[C@@H]3[C@@H](C)C(=O)[C@H](C)C[C@@]2(C)OC)[C@@H]1O. The average molecular weight is 839 g/mol. The number of aliphatic hydroxyl groups excluding tert-OH is 3. The van der Waals surface area contributed by atoms with Crippen LogP contribution in [-0.4, -0.2) is 162 Å². The summed E-state index contributed by atoms with van der Waals surface area (Å²) in [6.07, 6.45) is -0.292. The van der Waals surface area contributed by atoms with Gasteiger partial charge in [-0.3, -0.25) is 19.4 Å². The third-order valence-corrected chi connectivity index (χ3v) is 14.3. The molecule has 0 aromatic heterocycles. The molecule has 0 aliphatic carbocycles. The van der Waals surface area contributed by atoms with Gasteiger partial charge in [0, 0.05) is 63.9 Å². The van der Waals surface area contributed by atoms with Gasteiger partial charge in [0.2, 0.25) is 0 Å². The highest BCUT2D eigenvalue weighted by Crippen LogP contribution is 2.47. The lowest BCUT2D eigenvalue weighted by molar-refractivity contribution is -0.305. The van der Waals surface area contributed by atoms with Gasteiger partial charge in [0.05, 0.1) is 54.2 Å². The van der Waals surface area contributed by atoms with Crippen molar-refractivity contribution in [1.82, 2.24) is 9.80 Å². The summed E-state index contributed by atoms with van der Waals surface area (Å²) in [5.41, 5.74) is -3.74. The van der Waals surface area contributed by atoms with Crippen molar-refractivity contribution in [3.63, 3.8) is 0 Å². The fraction of sp³-hybridized carbons (Fsp3) is 0.886. The summed E-state index contributed by atoms with van der Waals surface area (Å²) in [7, 11) is 4.99. The minimum absolute atomic E-state index is 0.0838. The van der Waals surface area contributed by atoms with E-state index in [0.717, 1.165) is 0 Å². The first-order valence-corrected chi connectivity index (χ1v) is 21.5. The summed E-state index contributed by atoms with van der Waals surface area (Å²) in [5, 5.41) is 33.3. The second-order valence-electron chi connectivity index (χ2n) is 18.4. The zero-order valence-corrected chi connectivity index (χ0v) is 37.7. The number of methoxy groups -OCH3 is 2.